The number of fused-ring (bicyclic) bond motifs is 1. The van der Waals surface area contributed by atoms with Gasteiger partial charge in [-0.2, -0.15) is 0 Å². The fraction of sp³-hybridized carbons (Fsp3) is 0.160. The van der Waals surface area contributed by atoms with Crippen molar-refractivity contribution in [2.24, 2.45) is 0 Å². The van der Waals surface area contributed by atoms with Gasteiger partial charge in [-0.1, -0.05) is 5.92 Å². The van der Waals surface area contributed by atoms with Crippen LogP contribution in [0.1, 0.15) is 18.2 Å². The molecule has 1 amide bonds. The molecule has 0 radical (unpaired) electrons. The van der Waals surface area contributed by atoms with Gasteiger partial charge in [0.1, 0.15) is 17.9 Å². The number of hydrogen-bond donors (Lipinski definition) is 1. The molecule has 8 heteroatoms. The molecule has 164 valence electrons. The maximum Gasteiger partial charge on any atom is 0.302 e. The Hall–Kier alpha value is -4.51. The maximum absolute atomic E-state index is 12.2. The zero-order valence-corrected chi connectivity index (χ0v) is 18.7. The highest BCUT2D eigenvalue weighted by Crippen LogP contribution is 2.30. The van der Waals surface area contributed by atoms with E-state index in [1.165, 1.54) is 11.2 Å². The Balaban J connectivity index is 1.60. The minimum Gasteiger partial charge on any atom is -0.437 e. The van der Waals surface area contributed by atoms with Crippen LogP contribution in [0.5, 0.6) is 11.6 Å². The standard InChI is InChI=1S/C25H22N6O2/c1-5-6-24(32)31(4)19-8-9-21-20(12-19)25(29-15-28-21)30-18-7-10-22(16(2)11-18)33-23-14-26-17(3)13-27-23/h7-15H,1-4H3,(H,28,29,30). The first kappa shape index (κ1) is 21.7. The zero-order valence-electron chi connectivity index (χ0n) is 18.7. The average molecular weight is 438 g/mol. The number of benzene rings is 2. The second-order valence-electron chi connectivity index (χ2n) is 7.37. The highest BCUT2D eigenvalue weighted by molar-refractivity contribution is 6.06. The molecule has 33 heavy (non-hydrogen) atoms. The second kappa shape index (κ2) is 9.32. The van der Waals surface area contributed by atoms with Gasteiger partial charge in [0.25, 0.3) is 0 Å². The first-order valence-corrected chi connectivity index (χ1v) is 10.2. The summed E-state index contributed by atoms with van der Waals surface area (Å²) in [5, 5.41) is 4.13. The van der Waals surface area contributed by atoms with E-state index in [1.54, 1.807) is 26.4 Å². The van der Waals surface area contributed by atoms with Crippen LogP contribution in [-0.2, 0) is 4.79 Å². The smallest absolute Gasteiger partial charge is 0.302 e. The number of ether oxygens (including phenoxy) is 1. The number of rotatable bonds is 5. The van der Waals surface area contributed by atoms with Crippen molar-refractivity contribution >= 4 is 34.0 Å². The Morgan fingerprint density at radius 3 is 2.61 bits per heavy atom. The van der Waals surface area contributed by atoms with Crippen molar-refractivity contribution in [3.8, 4) is 23.5 Å². The SMILES string of the molecule is CC#CC(=O)N(C)c1ccc2ncnc(Nc3ccc(Oc4cnc(C)cn4)c(C)c3)c2c1. The van der Waals surface area contributed by atoms with Crippen LogP contribution in [0.3, 0.4) is 0 Å². The predicted octanol–water partition coefficient (Wildman–Crippen LogP) is 4.56. The number of aromatic nitrogens is 4. The summed E-state index contributed by atoms with van der Waals surface area (Å²) in [6.45, 7) is 5.46. The molecule has 2 aromatic heterocycles. The largest absolute Gasteiger partial charge is 0.437 e. The molecule has 2 aromatic carbocycles. The van der Waals surface area contributed by atoms with Crippen LogP contribution in [0.4, 0.5) is 17.2 Å². The van der Waals surface area contributed by atoms with Crippen molar-refractivity contribution < 1.29 is 9.53 Å². The van der Waals surface area contributed by atoms with Crippen molar-refractivity contribution in [2.45, 2.75) is 20.8 Å². The number of aryl methyl sites for hydroxylation is 2. The molecular formula is C25H22N6O2. The van der Waals surface area contributed by atoms with Crippen LogP contribution >= 0.6 is 0 Å². The van der Waals surface area contributed by atoms with E-state index >= 15 is 0 Å². The lowest BCUT2D eigenvalue weighted by Gasteiger charge is -2.16. The summed E-state index contributed by atoms with van der Waals surface area (Å²) in [4.78, 5) is 30.8. The van der Waals surface area contributed by atoms with Gasteiger partial charge in [-0.05, 0) is 68.7 Å². The van der Waals surface area contributed by atoms with Gasteiger partial charge in [0.15, 0.2) is 0 Å². The summed E-state index contributed by atoms with van der Waals surface area (Å²) >= 11 is 0. The molecule has 0 atom stereocenters. The molecule has 0 aliphatic heterocycles. The van der Waals surface area contributed by atoms with E-state index in [-0.39, 0.29) is 5.91 Å². The van der Waals surface area contributed by atoms with Crippen molar-refractivity contribution in [1.82, 2.24) is 19.9 Å². The van der Waals surface area contributed by atoms with Gasteiger partial charge < -0.3 is 15.0 Å². The maximum atomic E-state index is 12.2. The van der Waals surface area contributed by atoms with Gasteiger partial charge in [0, 0.05) is 23.8 Å². The van der Waals surface area contributed by atoms with E-state index in [0.717, 1.165) is 27.8 Å². The van der Waals surface area contributed by atoms with Gasteiger partial charge in [-0.15, -0.1) is 0 Å². The van der Waals surface area contributed by atoms with E-state index in [1.807, 2.05) is 50.2 Å². The Morgan fingerprint density at radius 1 is 1.03 bits per heavy atom. The molecule has 8 nitrogen and oxygen atoms in total. The fourth-order valence-electron chi connectivity index (χ4n) is 3.19. The van der Waals surface area contributed by atoms with Gasteiger partial charge in [-0.25, -0.2) is 15.0 Å². The van der Waals surface area contributed by atoms with Crippen LogP contribution in [0.25, 0.3) is 10.9 Å². The fourth-order valence-corrected chi connectivity index (χ4v) is 3.19. The Labute approximate surface area is 191 Å². The Bertz CT molecular complexity index is 1390. The number of amides is 1. The molecule has 0 fully saturated rings. The van der Waals surface area contributed by atoms with Crippen LogP contribution in [0.2, 0.25) is 0 Å². The van der Waals surface area contributed by atoms with E-state index < -0.39 is 0 Å². The third kappa shape index (κ3) is 4.88. The molecule has 0 aliphatic carbocycles. The average Bonchev–Trinajstić information content (AvgIpc) is 2.82. The Morgan fingerprint density at radius 2 is 1.88 bits per heavy atom. The molecule has 0 unspecified atom stereocenters. The lowest BCUT2D eigenvalue weighted by Crippen LogP contribution is -2.24. The molecular weight excluding hydrogens is 416 g/mol. The van der Waals surface area contributed by atoms with Crippen LogP contribution in [-0.4, -0.2) is 32.9 Å². The zero-order chi connectivity index (χ0) is 23.4. The van der Waals surface area contributed by atoms with Crippen LogP contribution in [0, 0.1) is 25.7 Å². The van der Waals surface area contributed by atoms with Gasteiger partial charge in [-0.3, -0.25) is 9.78 Å². The topological polar surface area (TPSA) is 93.1 Å². The van der Waals surface area contributed by atoms with Crippen molar-refractivity contribution in [2.75, 3.05) is 17.3 Å². The second-order valence-corrected chi connectivity index (χ2v) is 7.37. The minimum absolute atomic E-state index is 0.285. The minimum atomic E-state index is -0.285. The molecule has 4 rings (SSSR count). The van der Waals surface area contributed by atoms with E-state index in [0.29, 0.717) is 23.1 Å². The predicted molar refractivity (Wildman–Crippen MR) is 128 cm³/mol. The molecule has 2 heterocycles. The monoisotopic (exact) mass is 438 g/mol. The summed E-state index contributed by atoms with van der Waals surface area (Å²) in [5.74, 6) is 6.64. The lowest BCUT2D eigenvalue weighted by molar-refractivity contribution is -0.113. The first-order chi connectivity index (χ1) is 15.9. The molecule has 4 aromatic rings. The number of nitrogens with zero attached hydrogens (tertiary/aromatic N) is 5. The first-order valence-electron chi connectivity index (χ1n) is 10.2. The molecule has 0 aliphatic rings. The molecule has 0 spiro atoms. The number of hydrogen-bond acceptors (Lipinski definition) is 7. The third-order valence-electron chi connectivity index (χ3n) is 4.95. The van der Waals surface area contributed by atoms with E-state index in [9.17, 15) is 4.79 Å². The molecule has 0 bridgehead atoms. The quantitative estimate of drug-likeness (QED) is 0.457. The summed E-state index contributed by atoms with van der Waals surface area (Å²) in [7, 11) is 1.69. The van der Waals surface area contributed by atoms with Crippen molar-refractivity contribution in [3.05, 3.63) is 66.4 Å². The number of carbonyl (C=O) groups is 1. The van der Waals surface area contributed by atoms with Crippen LogP contribution in [0.15, 0.2) is 55.1 Å². The molecule has 0 saturated heterocycles. The molecule has 0 saturated carbocycles. The summed E-state index contributed by atoms with van der Waals surface area (Å²) < 4.78 is 5.85. The van der Waals surface area contributed by atoms with Gasteiger partial charge >= 0.3 is 5.91 Å². The number of anilines is 3. The number of nitrogens with one attached hydrogen (secondary N) is 1. The van der Waals surface area contributed by atoms with Gasteiger partial charge in [0.2, 0.25) is 5.88 Å². The van der Waals surface area contributed by atoms with Crippen molar-refractivity contribution in [1.29, 1.82) is 0 Å². The lowest BCUT2D eigenvalue weighted by atomic mass is 10.1. The van der Waals surface area contributed by atoms with Crippen LogP contribution < -0.4 is 15.0 Å². The summed E-state index contributed by atoms with van der Waals surface area (Å²) in [6, 6.07) is 11.3. The van der Waals surface area contributed by atoms with E-state index in [2.05, 4.69) is 37.1 Å². The Kier molecular flexibility index (Phi) is 6.13. The third-order valence-corrected chi connectivity index (χ3v) is 4.95. The highest BCUT2D eigenvalue weighted by atomic mass is 16.5. The van der Waals surface area contributed by atoms with Crippen molar-refractivity contribution in [3.63, 3.8) is 0 Å². The molecule has 1 N–H and O–H groups in total. The van der Waals surface area contributed by atoms with Gasteiger partial charge in [0.05, 0.1) is 23.6 Å². The summed E-state index contributed by atoms with van der Waals surface area (Å²) in [5.41, 5.74) is 4.04. The number of carbonyl (C=O) groups excluding carboxylic acids is 1. The highest BCUT2D eigenvalue weighted by Gasteiger charge is 2.12. The summed E-state index contributed by atoms with van der Waals surface area (Å²) in [6.07, 6.45) is 4.76. The normalized spacial score (nSPS) is 10.3. The van der Waals surface area contributed by atoms with E-state index in [4.69, 9.17) is 4.74 Å².